The Labute approximate surface area is 145 Å². The Hall–Kier alpha value is -0.920. The van der Waals surface area contributed by atoms with E-state index >= 15 is 0 Å². The van der Waals surface area contributed by atoms with Gasteiger partial charge in [-0.1, -0.05) is 20.8 Å². The van der Waals surface area contributed by atoms with E-state index in [0.717, 1.165) is 55.4 Å². The Morgan fingerprint density at radius 2 is 1.54 bits per heavy atom. The Balaban J connectivity index is 1.49. The van der Waals surface area contributed by atoms with E-state index in [4.69, 9.17) is 0 Å². The lowest BCUT2D eigenvalue weighted by atomic mass is 9.48. The maximum atomic E-state index is 13.4. The van der Waals surface area contributed by atoms with Crippen molar-refractivity contribution in [2.24, 2.45) is 39.9 Å². The van der Waals surface area contributed by atoms with Gasteiger partial charge in [0.05, 0.1) is 0 Å². The van der Waals surface area contributed by atoms with Crippen molar-refractivity contribution in [3.8, 4) is 0 Å². The van der Waals surface area contributed by atoms with E-state index in [-0.39, 0.29) is 22.0 Å². The van der Waals surface area contributed by atoms with Gasteiger partial charge in [-0.2, -0.15) is 0 Å². The van der Waals surface area contributed by atoms with Gasteiger partial charge in [-0.3, -0.25) is 9.59 Å². The topological polar surface area (TPSA) is 34.1 Å². The summed E-state index contributed by atoms with van der Waals surface area (Å²) in [5.41, 5.74) is 0.548. The minimum Gasteiger partial charge on any atom is -0.294 e. The van der Waals surface area contributed by atoms with Crippen molar-refractivity contribution < 1.29 is 9.59 Å². The molecule has 130 valence electrons. The number of allylic oxidation sites excluding steroid dienone is 2. The highest BCUT2D eigenvalue weighted by atomic mass is 16.1. The van der Waals surface area contributed by atoms with E-state index in [1.165, 1.54) is 19.3 Å². The fraction of sp³-hybridized carbons (Fsp3) is 0.818. The van der Waals surface area contributed by atoms with Crippen molar-refractivity contribution in [2.75, 3.05) is 0 Å². The van der Waals surface area contributed by atoms with Crippen LogP contribution in [0.2, 0.25) is 0 Å². The minimum absolute atomic E-state index is 0.0116. The van der Waals surface area contributed by atoms with E-state index in [1.807, 2.05) is 6.08 Å². The summed E-state index contributed by atoms with van der Waals surface area (Å²) in [6, 6.07) is 0. The van der Waals surface area contributed by atoms with Gasteiger partial charge in [-0.15, -0.1) is 0 Å². The molecule has 0 radical (unpaired) electrons. The third-order valence-corrected chi connectivity index (χ3v) is 9.21. The predicted molar refractivity (Wildman–Crippen MR) is 93.3 cm³/mol. The zero-order valence-electron chi connectivity index (χ0n) is 15.4. The number of carbonyl (C=O) groups is 2. The molecular weight excluding hydrogens is 296 g/mol. The van der Waals surface area contributed by atoms with Crippen molar-refractivity contribution in [1.29, 1.82) is 0 Å². The molecule has 0 aromatic heterocycles. The van der Waals surface area contributed by atoms with Crippen molar-refractivity contribution in [1.82, 2.24) is 0 Å². The van der Waals surface area contributed by atoms with Crippen LogP contribution in [-0.2, 0) is 9.59 Å². The molecule has 6 aliphatic rings. The van der Waals surface area contributed by atoms with Gasteiger partial charge >= 0.3 is 0 Å². The van der Waals surface area contributed by atoms with E-state index in [9.17, 15) is 9.59 Å². The average molecular weight is 326 g/mol. The van der Waals surface area contributed by atoms with Crippen LogP contribution in [-0.4, -0.2) is 11.6 Å². The molecule has 0 amide bonds. The van der Waals surface area contributed by atoms with Crippen LogP contribution >= 0.6 is 0 Å². The molecule has 6 rings (SSSR count). The number of fused-ring (bicyclic) bond motifs is 2. The molecule has 0 spiro atoms. The zero-order chi connectivity index (χ0) is 16.9. The number of ketones is 2. The van der Waals surface area contributed by atoms with Gasteiger partial charge in [-0.05, 0) is 86.5 Å². The summed E-state index contributed by atoms with van der Waals surface area (Å²) in [4.78, 5) is 26.4. The molecule has 2 heteroatoms. The van der Waals surface area contributed by atoms with E-state index < -0.39 is 0 Å². The van der Waals surface area contributed by atoms with Crippen LogP contribution in [0.3, 0.4) is 0 Å². The Morgan fingerprint density at radius 1 is 1.00 bits per heavy atom. The Kier molecular flexibility index (Phi) is 2.83. The van der Waals surface area contributed by atoms with Crippen LogP contribution in [0.15, 0.2) is 11.6 Å². The standard InChI is InChI=1S/C22H30O2/c1-20(2)17-4-5-21(20,3)19(24)16(17)9-18(23)22-10-13-6-14(11-22)8-15(7-13)12-22/h9,13-15,17H,4-8,10-12H2,1-3H3/t13?,14?,15?,17-,21+,22?/m0/s1. The maximum Gasteiger partial charge on any atom is 0.165 e. The van der Waals surface area contributed by atoms with E-state index in [0.29, 0.717) is 11.7 Å². The second-order valence-corrected chi connectivity index (χ2v) is 10.6. The summed E-state index contributed by atoms with van der Waals surface area (Å²) in [6.07, 6.45) is 11.3. The summed E-state index contributed by atoms with van der Waals surface area (Å²) in [5.74, 6) is 3.24. The SMILES string of the molecule is CC1(C)[C@H]2CC[C@]1(C)C(=O)C2=CC(=O)C12CC3CC(CC(C3)C1)C2. The first kappa shape index (κ1) is 15.3. The third kappa shape index (κ3) is 1.68. The first-order chi connectivity index (χ1) is 11.3. The number of rotatable bonds is 2. The molecule has 0 saturated heterocycles. The molecule has 0 N–H and O–H groups in total. The van der Waals surface area contributed by atoms with Crippen LogP contribution < -0.4 is 0 Å². The van der Waals surface area contributed by atoms with Gasteiger partial charge in [0.2, 0.25) is 0 Å². The number of Topliss-reactive ketones (excluding diaryl/α,β-unsaturated/α-hetero) is 1. The molecule has 0 aromatic rings. The highest BCUT2D eigenvalue weighted by molar-refractivity contribution is 6.10. The van der Waals surface area contributed by atoms with Gasteiger partial charge in [0.1, 0.15) is 0 Å². The van der Waals surface area contributed by atoms with Gasteiger partial charge in [-0.25, -0.2) is 0 Å². The molecule has 0 aromatic carbocycles. The zero-order valence-corrected chi connectivity index (χ0v) is 15.4. The van der Waals surface area contributed by atoms with Gasteiger partial charge < -0.3 is 0 Å². The summed E-state index contributed by atoms with van der Waals surface area (Å²) >= 11 is 0. The average Bonchev–Trinajstić information content (AvgIpc) is 2.80. The van der Waals surface area contributed by atoms with Crippen molar-refractivity contribution in [3.05, 3.63) is 11.6 Å². The summed E-state index contributed by atoms with van der Waals surface area (Å²) in [7, 11) is 0. The van der Waals surface area contributed by atoms with Crippen LogP contribution in [0.4, 0.5) is 0 Å². The first-order valence-corrected chi connectivity index (χ1v) is 10.1. The van der Waals surface area contributed by atoms with E-state index in [2.05, 4.69) is 20.8 Å². The second-order valence-electron chi connectivity index (χ2n) is 10.6. The lowest BCUT2D eigenvalue weighted by molar-refractivity contribution is -0.139. The van der Waals surface area contributed by atoms with Gasteiger partial charge in [0, 0.05) is 16.4 Å². The van der Waals surface area contributed by atoms with Gasteiger partial charge in [0.25, 0.3) is 0 Å². The van der Waals surface area contributed by atoms with Crippen LogP contribution in [0.25, 0.3) is 0 Å². The minimum atomic E-state index is -0.245. The fourth-order valence-electron chi connectivity index (χ4n) is 7.80. The molecular formula is C22H30O2. The summed E-state index contributed by atoms with van der Waals surface area (Å²) in [5, 5.41) is 0. The van der Waals surface area contributed by atoms with Crippen molar-refractivity contribution in [2.45, 2.75) is 72.1 Å². The second kappa shape index (κ2) is 4.43. The summed E-state index contributed by atoms with van der Waals surface area (Å²) in [6.45, 7) is 6.60. The smallest absolute Gasteiger partial charge is 0.165 e. The monoisotopic (exact) mass is 326 g/mol. The molecule has 0 heterocycles. The van der Waals surface area contributed by atoms with Crippen molar-refractivity contribution >= 4 is 11.6 Å². The normalized spacial score (nSPS) is 52.5. The third-order valence-electron chi connectivity index (χ3n) is 9.21. The lowest BCUT2D eigenvalue weighted by Gasteiger charge is -2.55. The molecule has 2 nitrogen and oxygen atoms in total. The first-order valence-electron chi connectivity index (χ1n) is 10.1. The number of carbonyl (C=O) groups excluding carboxylic acids is 2. The highest BCUT2D eigenvalue weighted by Gasteiger charge is 2.64. The molecule has 2 atom stereocenters. The molecule has 6 aliphatic carbocycles. The van der Waals surface area contributed by atoms with Crippen LogP contribution in [0.1, 0.15) is 72.1 Å². The number of hydrogen-bond donors (Lipinski definition) is 0. The largest absolute Gasteiger partial charge is 0.294 e. The van der Waals surface area contributed by atoms with Gasteiger partial charge in [0.15, 0.2) is 11.6 Å². The molecule has 0 aliphatic heterocycles. The predicted octanol–water partition coefficient (Wildman–Crippen LogP) is 4.72. The quantitative estimate of drug-likeness (QED) is 0.688. The lowest BCUT2D eigenvalue weighted by Crippen LogP contribution is -2.49. The summed E-state index contributed by atoms with van der Waals surface area (Å²) < 4.78 is 0. The highest BCUT2D eigenvalue weighted by Crippen LogP contribution is 2.66. The Bertz CT molecular complexity index is 632. The molecule has 6 saturated carbocycles. The molecule has 6 bridgehead atoms. The van der Waals surface area contributed by atoms with Crippen LogP contribution in [0.5, 0.6) is 0 Å². The van der Waals surface area contributed by atoms with Crippen molar-refractivity contribution in [3.63, 3.8) is 0 Å². The molecule has 24 heavy (non-hydrogen) atoms. The fourth-order valence-corrected chi connectivity index (χ4v) is 7.80. The number of hydrogen-bond acceptors (Lipinski definition) is 2. The maximum absolute atomic E-state index is 13.4. The van der Waals surface area contributed by atoms with E-state index in [1.54, 1.807) is 0 Å². The molecule has 0 unspecified atom stereocenters. The molecule has 6 fully saturated rings. The Morgan fingerprint density at radius 3 is 2.00 bits per heavy atom. The van der Waals surface area contributed by atoms with Crippen LogP contribution in [0, 0.1) is 39.9 Å².